The van der Waals surface area contributed by atoms with Crippen LogP contribution in [0.15, 0.2) is 18.5 Å². The van der Waals surface area contributed by atoms with Crippen LogP contribution >= 0.6 is 11.6 Å². The number of fused-ring (bicyclic) bond motifs is 1. The number of rotatable bonds is 8. The summed E-state index contributed by atoms with van der Waals surface area (Å²) in [7, 11) is 2.85. The van der Waals surface area contributed by atoms with Crippen LogP contribution in [0.25, 0.3) is 11.0 Å². The monoisotopic (exact) mass is 419 g/mol. The van der Waals surface area contributed by atoms with E-state index in [0.29, 0.717) is 34.3 Å². The number of hydrogen-bond acceptors (Lipinski definition) is 8. The largest absolute Gasteiger partial charge is 0.496 e. The fourth-order valence-electron chi connectivity index (χ4n) is 2.74. The Bertz CT molecular complexity index is 1010. The summed E-state index contributed by atoms with van der Waals surface area (Å²) in [6.45, 7) is 3.20. The minimum Gasteiger partial charge on any atom is -0.496 e. The molecule has 0 aliphatic rings. The number of hydrogen-bond donors (Lipinski definition) is 2. The predicted molar refractivity (Wildman–Crippen MR) is 110 cm³/mol. The molecule has 0 unspecified atom stereocenters. The smallest absolute Gasteiger partial charge is 0.413 e. The number of halogens is 1. The van der Waals surface area contributed by atoms with Crippen LogP contribution in [0, 0.1) is 0 Å². The van der Waals surface area contributed by atoms with E-state index in [9.17, 15) is 4.79 Å². The van der Waals surface area contributed by atoms with Gasteiger partial charge in [-0.05, 0) is 6.42 Å². The highest BCUT2D eigenvalue weighted by Gasteiger charge is 2.16. The topological polar surface area (TPSA) is 116 Å². The number of amides is 1. The van der Waals surface area contributed by atoms with E-state index in [1.54, 1.807) is 30.3 Å². The second kappa shape index (κ2) is 9.37. The second-order valence-corrected chi connectivity index (χ2v) is 6.53. The molecule has 29 heavy (non-hydrogen) atoms. The van der Waals surface area contributed by atoms with Crippen LogP contribution in [0.3, 0.4) is 0 Å². The maximum atomic E-state index is 11.5. The van der Waals surface area contributed by atoms with E-state index in [0.717, 1.165) is 24.9 Å². The summed E-state index contributed by atoms with van der Waals surface area (Å²) >= 11 is 5.95. The zero-order chi connectivity index (χ0) is 20.8. The summed E-state index contributed by atoms with van der Waals surface area (Å²) in [6.07, 6.45) is 4.61. The van der Waals surface area contributed by atoms with Crippen molar-refractivity contribution < 1.29 is 14.3 Å². The third-order valence-electron chi connectivity index (χ3n) is 4.16. The average molecular weight is 420 g/mol. The SMILES string of the molecule is CCCCNc1nc(NC(=O)OC)nc2cnn(Cc3cnc(Cl)cc3OC)c12. The summed E-state index contributed by atoms with van der Waals surface area (Å²) in [6, 6.07) is 1.65. The van der Waals surface area contributed by atoms with Gasteiger partial charge in [-0.15, -0.1) is 0 Å². The van der Waals surface area contributed by atoms with Gasteiger partial charge in [-0.3, -0.25) is 10.00 Å². The molecular formula is C18H22ClN7O3. The van der Waals surface area contributed by atoms with Crippen molar-refractivity contribution in [2.45, 2.75) is 26.3 Å². The third kappa shape index (κ3) is 4.83. The van der Waals surface area contributed by atoms with E-state index in [2.05, 4.69) is 42.3 Å². The number of unbranched alkanes of at least 4 members (excludes halogenated alkanes) is 1. The quantitative estimate of drug-likeness (QED) is 0.422. The van der Waals surface area contributed by atoms with Crippen LogP contribution in [0.2, 0.25) is 5.15 Å². The first-order valence-corrected chi connectivity index (χ1v) is 9.44. The van der Waals surface area contributed by atoms with Crippen molar-refractivity contribution in [3.8, 4) is 5.75 Å². The standard InChI is InChI=1S/C18H22ClN7O3/c1-4-5-6-20-16-15-12(23-17(24-16)25-18(27)29-3)9-22-26(15)10-11-8-21-14(19)7-13(11)28-2/h7-9H,4-6,10H2,1-3H3,(H2,20,23,24,25,27). The number of pyridine rings is 1. The highest BCUT2D eigenvalue weighted by molar-refractivity contribution is 6.29. The van der Waals surface area contributed by atoms with Crippen molar-refractivity contribution in [3.05, 3.63) is 29.2 Å². The van der Waals surface area contributed by atoms with E-state index in [1.165, 1.54) is 7.11 Å². The van der Waals surface area contributed by atoms with Crippen molar-refractivity contribution >= 4 is 40.5 Å². The van der Waals surface area contributed by atoms with Crippen molar-refractivity contribution in [1.82, 2.24) is 24.7 Å². The van der Waals surface area contributed by atoms with Gasteiger partial charge in [0.05, 0.1) is 27.0 Å². The summed E-state index contributed by atoms with van der Waals surface area (Å²) < 4.78 is 11.8. The molecule has 3 heterocycles. The highest BCUT2D eigenvalue weighted by atomic mass is 35.5. The molecule has 11 heteroatoms. The Hall–Kier alpha value is -3.14. The Balaban J connectivity index is 2.01. The van der Waals surface area contributed by atoms with E-state index >= 15 is 0 Å². The van der Waals surface area contributed by atoms with Crippen LogP contribution in [0.1, 0.15) is 25.3 Å². The average Bonchev–Trinajstić information content (AvgIpc) is 3.12. The van der Waals surface area contributed by atoms with Crippen molar-refractivity contribution in [3.63, 3.8) is 0 Å². The molecule has 154 valence electrons. The van der Waals surface area contributed by atoms with Crippen LogP contribution < -0.4 is 15.4 Å². The molecule has 2 N–H and O–H groups in total. The van der Waals surface area contributed by atoms with E-state index < -0.39 is 6.09 Å². The summed E-state index contributed by atoms with van der Waals surface area (Å²) in [5.74, 6) is 1.31. The van der Waals surface area contributed by atoms with Gasteiger partial charge in [0.15, 0.2) is 5.82 Å². The van der Waals surface area contributed by atoms with Gasteiger partial charge >= 0.3 is 6.09 Å². The van der Waals surface area contributed by atoms with E-state index in [1.807, 2.05) is 0 Å². The lowest BCUT2D eigenvalue weighted by atomic mass is 10.2. The number of anilines is 2. The van der Waals surface area contributed by atoms with Gasteiger partial charge in [0.1, 0.15) is 21.9 Å². The van der Waals surface area contributed by atoms with Crippen molar-refractivity contribution in [1.29, 1.82) is 0 Å². The maximum Gasteiger partial charge on any atom is 0.413 e. The molecule has 0 aliphatic carbocycles. The molecule has 0 bridgehead atoms. The van der Waals surface area contributed by atoms with Crippen LogP contribution in [-0.2, 0) is 11.3 Å². The summed E-state index contributed by atoms with van der Waals surface area (Å²) in [5, 5.41) is 10.6. The first kappa shape index (κ1) is 20.6. The molecule has 3 rings (SSSR count). The van der Waals surface area contributed by atoms with Crippen molar-refractivity contribution in [2.75, 3.05) is 31.4 Å². The number of nitrogens with one attached hydrogen (secondary N) is 2. The molecular weight excluding hydrogens is 398 g/mol. The summed E-state index contributed by atoms with van der Waals surface area (Å²) in [5.41, 5.74) is 2.08. The molecule has 0 fully saturated rings. The molecule has 0 atom stereocenters. The lowest BCUT2D eigenvalue weighted by Crippen LogP contribution is -2.15. The molecule has 0 aliphatic heterocycles. The minimum atomic E-state index is -0.645. The zero-order valence-electron chi connectivity index (χ0n) is 16.4. The molecule has 3 aromatic rings. The normalized spacial score (nSPS) is 10.8. The van der Waals surface area contributed by atoms with Gasteiger partial charge in [0, 0.05) is 24.4 Å². The molecule has 0 saturated carbocycles. The molecule has 10 nitrogen and oxygen atoms in total. The number of carbonyl (C=O) groups excluding carboxylic acids is 1. The molecule has 1 amide bonds. The predicted octanol–water partition coefficient (Wildman–Crippen LogP) is 3.32. The van der Waals surface area contributed by atoms with Crippen molar-refractivity contribution in [2.24, 2.45) is 0 Å². The second-order valence-electron chi connectivity index (χ2n) is 6.15. The number of aromatic nitrogens is 5. The number of carbonyl (C=O) groups is 1. The third-order valence-corrected chi connectivity index (χ3v) is 4.37. The molecule has 0 radical (unpaired) electrons. The number of methoxy groups -OCH3 is 2. The van der Waals surface area contributed by atoms with Crippen LogP contribution in [0.5, 0.6) is 5.75 Å². The Morgan fingerprint density at radius 3 is 2.83 bits per heavy atom. The zero-order valence-corrected chi connectivity index (χ0v) is 17.2. The maximum absolute atomic E-state index is 11.5. The van der Waals surface area contributed by atoms with Crippen LogP contribution in [-0.4, -0.2) is 51.6 Å². The van der Waals surface area contributed by atoms with Gasteiger partial charge in [-0.1, -0.05) is 24.9 Å². The van der Waals surface area contributed by atoms with Gasteiger partial charge in [-0.2, -0.15) is 10.1 Å². The minimum absolute atomic E-state index is 0.133. The van der Waals surface area contributed by atoms with Gasteiger partial charge in [0.25, 0.3) is 0 Å². The fraction of sp³-hybridized carbons (Fsp3) is 0.389. The lowest BCUT2D eigenvalue weighted by molar-refractivity contribution is 0.186. The molecule has 0 spiro atoms. The molecule has 0 aromatic carbocycles. The first-order valence-electron chi connectivity index (χ1n) is 9.06. The Labute approximate surface area is 172 Å². The Kier molecular flexibility index (Phi) is 6.65. The number of ether oxygens (including phenoxy) is 2. The molecule has 3 aromatic heterocycles. The number of nitrogens with zero attached hydrogens (tertiary/aromatic N) is 5. The summed E-state index contributed by atoms with van der Waals surface area (Å²) in [4.78, 5) is 24.5. The Morgan fingerprint density at radius 2 is 2.10 bits per heavy atom. The molecule has 0 saturated heterocycles. The van der Waals surface area contributed by atoms with Gasteiger partial charge in [-0.25, -0.2) is 14.8 Å². The fourth-order valence-corrected chi connectivity index (χ4v) is 2.88. The van der Waals surface area contributed by atoms with E-state index in [4.69, 9.17) is 16.3 Å². The Morgan fingerprint density at radius 1 is 1.28 bits per heavy atom. The first-order chi connectivity index (χ1) is 14.0. The van der Waals surface area contributed by atoms with Crippen LogP contribution in [0.4, 0.5) is 16.6 Å². The lowest BCUT2D eigenvalue weighted by Gasteiger charge is -2.12. The van der Waals surface area contributed by atoms with Gasteiger partial charge < -0.3 is 14.8 Å². The van der Waals surface area contributed by atoms with E-state index in [-0.39, 0.29) is 5.95 Å². The van der Waals surface area contributed by atoms with Gasteiger partial charge in [0.2, 0.25) is 5.95 Å². The highest BCUT2D eigenvalue weighted by Crippen LogP contribution is 2.26.